The molecular formula is C11H15BrFN. The highest BCUT2D eigenvalue weighted by Crippen LogP contribution is 2.26. The van der Waals surface area contributed by atoms with Crippen LogP contribution in [0.25, 0.3) is 0 Å². The van der Waals surface area contributed by atoms with Gasteiger partial charge in [0.2, 0.25) is 0 Å². The van der Waals surface area contributed by atoms with E-state index >= 15 is 0 Å². The molecule has 1 aromatic rings. The van der Waals surface area contributed by atoms with Crippen LogP contribution in [0, 0.1) is 12.7 Å². The Balaban J connectivity index is 3.00. The van der Waals surface area contributed by atoms with E-state index in [-0.39, 0.29) is 5.82 Å². The average Bonchev–Trinajstić information content (AvgIpc) is 2.13. The van der Waals surface area contributed by atoms with Crippen molar-refractivity contribution < 1.29 is 4.39 Å². The molecular weight excluding hydrogens is 245 g/mol. The monoisotopic (exact) mass is 259 g/mol. The van der Waals surface area contributed by atoms with Crippen LogP contribution in [-0.2, 0) is 0 Å². The van der Waals surface area contributed by atoms with Gasteiger partial charge in [0.15, 0.2) is 0 Å². The van der Waals surface area contributed by atoms with Gasteiger partial charge in [0.1, 0.15) is 5.82 Å². The van der Waals surface area contributed by atoms with Gasteiger partial charge < -0.3 is 5.73 Å². The van der Waals surface area contributed by atoms with Crippen LogP contribution in [0.3, 0.4) is 0 Å². The maximum atomic E-state index is 13.3. The Bertz CT molecular complexity index is 302. The van der Waals surface area contributed by atoms with Crippen molar-refractivity contribution in [2.75, 3.05) is 6.54 Å². The number of halogens is 2. The largest absolute Gasteiger partial charge is 0.330 e. The number of aryl methyl sites for hydroxylation is 1. The third kappa shape index (κ3) is 2.55. The highest BCUT2D eigenvalue weighted by Gasteiger charge is 2.10. The Labute approximate surface area is 92.6 Å². The molecule has 1 aromatic carbocycles. The molecule has 0 aliphatic rings. The molecule has 0 aliphatic heterocycles. The number of benzene rings is 1. The van der Waals surface area contributed by atoms with Crippen LogP contribution in [0.1, 0.15) is 30.4 Å². The zero-order chi connectivity index (χ0) is 10.7. The molecule has 0 saturated heterocycles. The highest BCUT2D eigenvalue weighted by molar-refractivity contribution is 9.10. The van der Waals surface area contributed by atoms with Crippen LogP contribution in [-0.4, -0.2) is 6.54 Å². The highest BCUT2D eigenvalue weighted by atomic mass is 79.9. The van der Waals surface area contributed by atoms with Crippen molar-refractivity contribution in [3.8, 4) is 0 Å². The third-order valence-corrected chi connectivity index (χ3v) is 2.98. The standard InChI is InChI=1S/C11H15BrFN/c1-7(3-4-14)9-5-8(2)11(13)10(12)6-9/h5-7H,3-4,14H2,1-2H3. The molecule has 0 saturated carbocycles. The van der Waals surface area contributed by atoms with E-state index < -0.39 is 0 Å². The lowest BCUT2D eigenvalue weighted by molar-refractivity contribution is 0.607. The van der Waals surface area contributed by atoms with Gasteiger partial charge in [-0.05, 0) is 58.9 Å². The van der Waals surface area contributed by atoms with Gasteiger partial charge >= 0.3 is 0 Å². The fourth-order valence-corrected chi connectivity index (χ4v) is 2.03. The van der Waals surface area contributed by atoms with Gasteiger partial charge in [0.25, 0.3) is 0 Å². The fourth-order valence-electron chi connectivity index (χ4n) is 1.45. The van der Waals surface area contributed by atoms with Crippen LogP contribution in [0.15, 0.2) is 16.6 Å². The van der Waals surface area contributed by atoms with Crippen molar-refractivity contribution in [3.05, 3.63) is 33.5 Å². The summed E-state index contributed by atoms with van der Waals surface area (Å²) >= 11 is 3.21. The Morgan fingerprint density at radius 1 is 1.50 bits per heavy atom. The van der Waals surface area contributed by atoms with E-state index in [2.05, 4.69) is 22.9 Å². The van der Waals surface area contributed by atoms with Crippen LogP contribution in [0.4, 0.5) is 4.39 Å². The van der Waals surface area contributed by atoms with Gasteiger partial charge in [-0.3, -0.25) is 0 Å². The molecule has 0 aromatic heterocycles. The Kier molecular flexibility index (Phi) is 4.08. The molecule has 3 heteroatoms. The molecule has 1 atom stereocenters. The molecule has 0 heterocycles. The zero-order valence-corrected chi connectivity index (χ0v) is 10.1. The van der Waals surface area contributed by atoms with E-state index in [1.807, 2.05) is 12.1 Å². The summed E-state index contributed by atoms with van der Waals surface area (Å²) in [5.41, 5.74) is 7.31. The molecule has 0 amide bonds. The summed E-state index contributed by atoms with van der Waals surface area (Å²) in [7, 11) is 0. The lowest BCUT2D eigenvalue weighted by atomic mass is 9.96. The van der Waals surface area contributed by atoms with E-state index in [0.29, 0.717) is 22.5 Å². The van der Waals surface area contributed by atoms with E-state index in [1.54, 1.807) is 6.92 Å². The molecule has 1 unspecified atom stereocenters. The first-order valence-corrected chi connectivity index (χ1v) is 5.51. The Morgan fingerprint density at radius 2 is 2.14 bits per heavy atom. The van der Waals surface area contributed by atoms with E-state index in [9.17, 15) is 4.39 Å². The van der Waals surface area contributed by atoms with Crippen LogP contribution in [0.5, 0.6) is 0 Å². The van der Waals surface area contributed by atoms with Crippen molar-refractivity contribution in [1.29, 1.82) is 0 Å². The fraction of sp³-hybridized carbons (Fsp3) is 0.455. The Morgan fingerprint density at radius 3 is 2.64 bits per heavy atom. The van der Waals surface area contributed by atoms with Crippen molar-refractivity contribution in [2.45, 2.75) is 26.2 Å². The zero-order valence-electron chi connectivity index (χ0n) is 8.48. The normalized spacial score (nSPS) is 12.9. The van der Waals surface area contributed by atoms with Crippen molar-refractivity contribution >= 4 is 15.9 Å². The number of hydrogen-bond acceptors (Lipinski definition) is 1. The topological polar surface area (TPSA) is 26.0 Å². The van der Waals surface area contributed by atoms with Gasteiger partial charge in [-0.15, -0.1) is 0 Å². The first-order valence-electron chi connectivity index (χ1n) is 4.72. The summed E-state index contributed by atoms with van der Waals surface area (Å²) in [4.78, 5) is 0. The summed E-state index contributed by atoms with van der Waals surface area (Å²) in [6.07, 6.45) is 0.928. The number of hydrogen-bond donors (Lipinski definition) is 1. The second kappa shape index (κ2) is 4.89. The van der Waals surface area contributed by atoms with Gasteiger partial charge in [-0.25, -0.2) is 4.39 Å². The van der Waals surface area contributed by atoms with Crippen LogP contribution >= 0.6 is 15.9 Å². The first kappa shape index (κ1) is 11.7. The lowest BCUT2D eigenvalue weighted by Crippen LogP contribution is -2.05. The quantitative estimate of drug-likeness (QED) is 0.886. The average molecular weight is 260 g/mol. The summed E-state index contributed by atoms with van der Waals surface area (Å²) < 4.78 is 13.8. The third-order valence-electron chi connectivity index (χ3n) is 2.40. The summed E-state index contributed by atoms with van der Waals surface area (Å²) in [6.45, 7) is 4.54. The van der Waals surface area contributed by atoms with Crippen LogP contribution < -0.4 is 5.73 Å². The molecule has 78 valence electrons. The predicted molar refractivity (Wildman–Crippen MR) is 60.9 cm³/mol. The van der Waals surface area contributed by atoms with Crippen molar-refractivity contribution in [3.63, 3.8) is 0 Å². The second-order valence-electron chi connectivity index (χ2n) is 3.61. The predicted octanol–water partition coefficient (Wildman–Crippen LogP) is 3.35. The number of nitrogens with two attached hydrogens (primary N) is 1. The van der Waals surface area contributed by atoms with E-state index in [4.69, 9.17) is 5.73 Å². The van der Waals surface area contributed by atoms with Gasteiger partial charge in [0.05, 0.1) is 4.47 Å². The van der Waals surface area contributed by atoms with Crippen molar-refractivity contribution in [2.24, 2.45) is 5.73 Å². The molecule has 0 fully saturated rings. The minimum absolute atomic E-state index is 0.173. The minimum Gasteiger partial charge on any atom is -0.330 e. The lowest BCUT2D eigenvalue weighted by Gasteiger charge is -2.12. The van der Waals surface area contributed by atoms with Gasteiger partial charge in [-0.1, -0.05) is 13.0 Å². The maximum absolute atomic E-state index is 13.3. The number of rotatable bonds is 3. The summed E-state index contributed by atoms with van der Waals surface area (Å²) in [6, 6.07) is 3.73. The first-order chi connectivity index (χ1) is 6.56. The molecule has 0 radical (unpaired) electrons. The molecule has 2 N–H and O–H groups in total. The van der Waals surface area contributed by atoms with Gasteiger partial charge in [0, 0.05) is 0 Å². The second-order valence-corrected chi connectivity index (χ2v) is 4.47. The SMILES string of the molecule is Cc1cc(C(C)CCN)cc(Br)c1F. The van der Waals surface area contributed by atoms with Crippen LogP contribution in [0.2, 0.25) is 0 Å². The van der Waals surface area contributed by atoms with E-state index in [0.717, 1.165) is 12.0 Å². The molecule has 1 nitrogen and oxygen atoms in total. The molecule has 0 bridgehead atoms. The molecule has 0 spiro atoms. The summed E-state index contributed by atoms with van der Waals surface area (Å²) in [5.74, 6) is 0.212. The summed E-state index contributed by atoms with van der Waals surface area (Å²) in [5, 5.41) is 0. The van der Waals surface area contributed by atoms with E-state index in [1.165, 1.54) is 0 Å². The molecule has 1 rings (SSSR count). The molecule has 14 heavy (non-hydrogen) atoms. The Hall–Kier alpha value is -0.410. The van der Waals surface area contributed by atoms with Crippen molar-refractivity contribution in [1.82, 2.24) is 0 Å². The smallest absolute Gasteiger partial charge is 0.140 e. The maximum Gasteiger partial charge on any atom is 0.140 e. The molecule has 0 aliphatic carbocycles. The van der Waals surface area contributed by atoms with Gasteiger partial charge in [-0.2, -0.15) is 0 Å². The minimum atomic E-state index is -0.173.